The average molecular weight is 311 g/mol. The van der Waals surface area contributed by atoms with Crippen LogP contribution in [0, 0.1) is 6.92 Å². The first kappa shape index (κ1) is 14.8. The molecule has 0 aliphatic carbocycles. The van der Waals surface area contributed by atoms with E-state index in [9.17, 15) is 0 Å². The summed E-state index contributed by atoms with van der Waals surface area (Å²) in [5, 5.41) is 5.20. The number of rotatable bonds is 3. The van der Waals surface area contributed by atoms with Crippen molar-refractivity contribution in [3.8, 4) is 0 Å². The van der Waals surface area contributed by atoms with E-state index in [0.29, 0.717) is 0 Å². The highest BCUT2D eigenvalue weighted by Crippen LogP contribution is 2.28. The fourth-order valence-corrected chi connectivity index (χ4v) is 3.56. The molecule has 0 radical (unpaired) electrons. The molecule has 0 aliphatic rings. The van der Waals surface area contributed by atoms with Crippen LogP contribution in [0.15, 0.2) is 72.8 Å². The minimum Gasteiger partial charge on any atom is -0.398 e. The SMILES string of the molecule is Cc1ccc2ccc(N)c(CCc3cccc4ccccc34)c2c1. The van der Waals surface area contributed by atoms with Gasteiger partial charge in [0.25, 0.3) is 0 Å². The normalized spacial score (nSPS) is 11.2. The summed E-state index contributed by atoms with van der Waals surface area (Å²) in [4.78, 5) is 0. The molecule has 0 saturated carbocycles. The second kappa shape index (κ2) is 6.01. The zero-order valence-corrected chi connectivity index (χ0v) is 13.9. The average Bonchev–Trinajstić information content (AvgIpc) is 2.61. The first-order chi connectivity index (χ1) is 11.7. The van der Waals surface area contributed by atoms with Gasteiger partial charge in [0.15, 0.2) is 0 Å². The van der Waals surface area contributed by atoms with Crippen molar-refractivity contribution in [2.45, 2.75) is 19.8 Å². The lowest BCUT2D eigenvalue weighted by Gasteiger charge is -2.12. The quantitative estimate of drug-likeness (QED) is 0.485. The molecule has 4 aromatic carbocycles. The molecule has 0 saturated heterocycles. The van der Waals surface area contributed by atoms with E-state index in [4.69, 9.17) is 5.73 Å². The van der Waals surface area contributed by atoms with Crippen molar-refractivity contribution < 1.29 is 0 Å². The Balaban J connectivity index is 1.74. The molecule has 2 N–H and O–H groups in total. The molecule has 0 aromatic heterocycles. The number of anilines is 1. The highest BCUT2D eigenvalue weighted by Gasteiger charge is 2.08. The molecule has 4 rings (SSSR count). The zero-order chi connectivity index (χ0) is 16.5. The largest absolute Gasteiger partial charge is 0.398 e. The van der Waals surface area contributed by atoms with Gasteiger partial charge in [-0.25, -0.2) is 0 Å². The maximum absolute atomic E-state index is 6.31. The van der Waals surface area contributed by atoms with Gasteiger partial charge in [-0.2, -0.15) is 0 Å². The van der Waals surface area contributed by atoms with E-state index in [0.717, 1.165) is 18.5 Å². The van der Waals surface area contributed by atoms with Gasteiger partial charge in [0.1, 0.15) is 0 Å². The lowest BCUT2D eigenvalue weighted by Crippen LogP contribution is -1.99. The number of hydrogen-bond donors (Lipinski definition) is 1. The summed E-state index contributed by atoms with van der Waals surface area (Å²) >= 11 is 0. The van der Waals surface area contributed by atoms with Crippen molar-refractivity contribution in [2.24, 2.45) is 0 Å². The second-order valence-electron chi connectivity index (χ2n) is 6.50. The van der Waals surface area contributed by atoms with Crippen molar-refractivity contribution in [1.82, 2.24) is 0 Å². The first-order valence-electron chi connectivity index (χ1n) is 8.47. The summed E-state index contributed by atoms with van der Waals surface area (Å²) in [6, 6.07) is 25.9. The van der Waals surface area contributed by atoms with Crippen LogP contribution in [0.25, 0.3) is 21.5 Å². The monoisotopic (exact) mass is 311 g/mol. The van der Waals surface area contributed by atoms with Crippen LogP contribution >= 0.6 is 0 Å². The predicted octanol–water partition coefficient (Wildman–Crippen LogP) is 5.67. The van der Waals surface area contributed by atoms with Crippen LogP contribution < -0.4 is 5.73 Å². The Bertz CT molecular complexity index is 1020. The number of benzene rings is 4. The fourth-order valence-electron chi connectivity index (χ4n) is 3.56. The minimum absolute atomic E-state index is 0.897. The van der Waals surface area contributed by atoms with Gasteiger partial charge in [-0.05, 0) is 58.5 Å². The Morgan fingerprint density at radius 1 is 0.708 bits per heavy atom. The van der Waals surface area contributed by atoms with Gasteiger partial charge >= 0.3 is 0 Å². The summed E-state index contributed by atoms with van der Waals surface area (Å²) < 4.78 is 0. The van der Waals surface area contributed by atoms with Crippen molar-refractivity contribution in [1.29, 1.82) is 0 Å². The molecule has 0 aliphatic heterocycles. The van der Waals surface area contributed by atoms with Crippen LogP contribution in [0.3, 0.4) is 0 Å². The molecule has 0 amide bonds. The van der Waals surface area contributed by atoms with Crippen LogP contribution in [-0.2, 0) is 12.8 Å². The highest BCUT2D eigenvalue weighted by atomic mass is 14.6. The van der Waals surface area contributed by atoms with Gasteiger partial charge in [0.05, 0.1) is 0 Å². The Kier molecular flexibility index (Phi) is 3.70. The number of nitrogen functional groups attached to an aromatic ring is 1. The third-order valence-corrected chi connectivity index (χ3v) is 4.85. The molecule has 0 unspecified atom stereocenters. The molecule has 4 aromatic rings. The van der Waals surface area contributed by atoms with Crippen LogP contribution in [0.1, 0.15) is 16.7 Å². The summed E-state index contributed by atoms with van der Waals surface area (Å²) in [5.74, 6) is 0. The van der Waals surface area contributed by atoms with E-state index in [1.807, 2.05) is 6.07 Å². The summed E-state index contributed by atoms with van der Waals surface area (Å²) in [7, 11) is 0. The first-order valence-corrected chi connectivity index (χ1v) is 8.47. The fraction of sp³-hybridized carbons (Fsp3) is 0.130. The molecule has 0 bridgehead atoms. The van der Waals surface area contributed by atoms with Crippen LogP contribution in [-0.4, -0.2) is 0 Å². The Labute approximate surface area is 142 Å². The predicted molar refractivity (Wildman–Crippen MR) is 104 cm³/mol. The third-order valence-electron chi connectivity index (χ3n) is 4.85. The van der Waals surface area contributed by atoms with Crippen molar-refractivity contribution in [2.75, 3.05) is 5.73 Å². The molecule has 0 fully saturated rings. The van der Waals surface area contributed by atoms with Gasteiger partial charge in [-0.3, -0.25) is 0 Å². The Hall–Kier alpha value is -2.80. The summed E-state index contributed by atoms with van der Waals surface area (Å²) in [6.07, 6.45) is 1.96. The van der Waals surface area contributed by atoms with Gasteiger partial charge in [0.2, 0.25) is 0 Å². The third kappa shape index (κ3) is 2.63. The second-order valence-corrected chi connectivity index (χ2v) is 6.50. The van der Waals surface area contributed by atoms with Gasteiger partial charge in [-0.1, -0.05) is 72.3 Å². The van der Waals surface area contributed by atoms with E-state index in [1.54, 1.807) is 0 Å². The summed E-state index contributed by atoms with van der Waals surface area (Å²) in [6.45, 7) is 2.14. The molecule has 1 nitrogen and oxygen atoms in total. The summed E-state index contributed by atoms with van der Waals surface area (Å²) in [5.41, 5.74) is 11.1. The lowest BCUT2D eigenvalue weighted by atomic mass is 9.94. The maximum atomic E-state index is 6.31. The van der Waals surface area contributed by atoms with E-state index in [1.165, 1.54) is 38.2 Å². The van der Waals surface area contributed by atoms with Crippen molar-refractivity contribution in [3.63, 3.8) is 0 Å². The number of nitrogens with two attached hydrogens (primary N) is 1. The molecular weight excluding hydrogens is 290 g/mol. The molecule has 0 spiro atoms. The van der Waals surface area contributed by atoms with E-state index < -0.39 is 0 Å². The van der Waals surface area contributed by atoms with Crippen molar-refractivity contribution in [3.05, 3.63) is 89.5 Å². The lowest BCUT2D eigenvalue weighted by molar-refractivity contribution is 0.981. The molecular formula is C23H21N. The number of fused-ring (bicyclic) bond motifs is 2. The number of hydrogen-bond acceptors (Lipinski definition) is 1. The molecule has 0 atom stereocenters. The number of aryl methyl sites for hydroxylation is 3. The zero-order valence-electron chi connectivity index (χ0n) is 13.9. The highest BCUT2D eigenvalue weighted by molar-refractivity contribution is 5.90. The topological polar surface area (TPSA) is 26.0 Å². The van der Waals surface area contributed by atoms with Gasteiger partial charge < -0.3 is 5.73 Å². The minimum atomic E-state index is 0.897. The molecule has 0 heterocycles. The van der Waals surface area contributed by atoms with Crippen LogP contribution in [0.4, 0.5) is 5.69 Å². The molecule has 24 heavy (non-hydrogen) atoms. The van der Waals surface area contributed by atoms with E-state index in [-0.39, 0.29) is 0 Å². The van der Waals surface area contributed by atoms with Gasteiger partial charge in [-0.15, -0.1) is 0 Å². The Morgan fingerprint density at radius 2 is 1.46 bits per heavy atom. The van der Waals surface area contributed by atoms with E-state index >= 15 is 0 Å². The van der Waals surface area contributed by atoms with Crippen LogP contribution in [0.5, 0.6) is 0 Å². The smallest absolute Gasteiger partial charge is 0.0353 e. The molecule has 118 valence electrons. The Morgan fingerprint density at radius 3 is 2.38 bits per heavy atom. The van der Waals surface area contributed by atoms with Crippen LogP contribution in [0.2, 0.25) is 0 Å². The standard InChI is InChI=1S/C23H21N/c1-16-9-10-19-12-14-23(24)21(22(19)15-16)13-11-18-7-4-6-17-5-2-3-8-20(17)18/h2-10,12,14-15H,11,13,24H2,1H3. The maximum Gasteiger partial charge on any atom is 0.0353 e. The van der Waals surface area contributed by atoms with E-state index in [2.05, 4.69) is 73.7 Å². The van der Waals surface area contributed by atoms with Crippen molar-refractivity contribution >= 4 is 27.2 Å². The molecule has 1 heteroatoms. The van der Waals surface area contributed by atoms with Gasteiger partial charge in [0, 0.05) is 5.69 Å².